The fourth-order valence-corrected chi connectivity index (χ4v) is 2.01. The Labute approximate surface area is 110 Å². The van der Waals surface area contributed by atoms with Gasteiger partial charge in [-0.3, -0.25) is 4.79 Å². The fourth-order valence-electron chi connectivity index (χ4n) is 2.01. The Bertz CT molecular complexity index is 811. The summed E-state index contributed by atoms with van der Waals surface area (Å²) in [6.07, 6.45) is 0. The molecule has 0 aliphatic rings. The van der Waals surface area contributed by atoms with Crippen molar-refractivity contribution >= 4 is 11.1 Å². The number of hydrogen-bond donors (Lipinski definition) is 0. The van der Waals surface area contributed by atoms with Crippen LogP contribution in [-0.2, 0) is 7.05 Å². The first-order valence-electron chi connectivity index (χ1n) is 6.10. The Hall–Kier alpha value is -2.36. The molecule has 0 radical (unpaired) electrons. The molecule has 0 saturated heterocycles. The standard InChI is InChI=1S/C15H14N2O2/c1-9-4-6-11(7-5-9)14-16-13-12(19-14)8-10(2)17(3)15(13)18/h4-8H,1-3H3. The molecule has 0 N–H and O–H groups in total. The summed E-state index contributed by atoms with van der Waals surface area (Å²) < 4.78 is 7.26. The van der Waals surface area contributed by atoms with Gasteiger partial charge in [0.2, 0.25) is 5.89 Å². The van der Waals surface area contributed by atoms with Gasteiger partial charge in [-0.25, -0.2) is 4.98 Å². The molecule has 19 heavy (non-hydrogen) atoms. The number of aromatic nitrogens is 2. The summed E-state index contributed by atoms with van der Waals surface area (Å²) in [5.41, 5.74) is 3.69. The van der Waals surface area contributed by atoms with Gasteiger partial charge in [-0.2, -0.15) is 0 Å². The van der Waals surface area contributed by atoms with Gasteiger partial charge in [0, 0.05) is 24.4 Å². The van der Waals surface area contributed by atoms with Crippen LogP contribution in [0.1, 0.15) is 11.3 Å². The molecule has 0 bridgehead atoms. The van der Waals surface area contributed by atoms with E-state index in [-0.39, 0.29) is 5.56 Å². The topological polar surface area (TPSA) is 48.0 Å². The number of hydrogen-bond acceptors (Lipinski definition) is 3. The van der Waals surface area contributed by atoms with Crippen LogP contribution < -0.4 is 5.56 Å². The van der Waals surface area contributed by atoms with Crippen LogP contribution in [-0.4, -0.2) is 9.55 Å². The van der Waals surface area contributed by atoms with Crippen molar-refractivity contribution in [1.82, 2.24) is 9.55 Å². The minimum Gasteiger partial charge on any atom is -0.436 e. The molecule has 0 amide bonds. The largest absolute Gasteiger partial charge is 0.436 e. The van der Waals surface area contributed by atoms with Crippen LogP contribution in [0.25, 0.3) is 22.6 Å². The minimum absolute atomic E-state index is 0.128. The Balaban J connectivity index is 2.25. The smallest absolute Gasteiger partial charge is 0.280 e. The van der Waals surface area contributed by atoms with E-state index in [1.807, 2.05) is 44.2 Å². The predicted molar refractivity (Wildman–Crippen MR) is 74.2 cm³/mol. The maximum atomic E-state index is 12.1. The van der Waals surface area contributed by atoms with Crippen LogP contribution in [0.5, 0.6) is 0 Å². The third-order valence-electron chi connectivity index (χ3n) is 3.33. The average Bonchev–Trinajstić information content (AvgIpc) is 2.81. The highest BCUT2D eigenvalue weighted by molar-refractivity contribution is 5.75. The summed E-state index contributed by atoms with van der Waals surface area (Å²) >= 11 is 0. The molecule has 4 heteroatoms. The van der Waals surface area contributed by atoms with Gasteiger partial charge in [-0.05, 0) is 26.0 Å². The van der Waals surface area contributed by atoms with E-state index in [0.717, 1.165) is 11.3 Å². The molecule has 96 valence electrons. The van der Waals surface area contributed by atoms with Gasteiger partial charge in [0.05, 0.1) is 0 Å². The molecular weight excluding hydrogens is 240 g/mol. The molecule has 2 heterocycles. The molecule has 2 aromatic heterocycles. The number of nitrogens with zero attached hydrogens (tertiary/aromatic N) is 2. The summed E-state index contributed by atoms with van der Waals surface area (Å²) in [5.74, 6) is 0.484. The quantitative estimate of drug-likeness (QED) is 0.671. The zero-order chi connectivity index (χ0) is 13.6. The van der Waals surface area contributed by atoms with Crippen molar-refractivity contribution in [3.8, 4) is 11.5 Å². The van der Waals surface area contributed by atoms with Crippen LogP contribution in [0.4, 0.5) is 0 Å². The maximum Gasteiger partial charge on any atom is 0.280 e. The molecule has 0 spiro atoms. The van der Waals surface area contributed by atoms with Crippen molar-refractivity contribution in [2.45, 2.75) is 13.8 Å². The Morgan fingerprint density at radius 1 is 1.16 bits per heavy atom. The van der Waals surface area contributed by atoms with Crippen molar-refractivity contribution in [3.05, 3.63) is 51.9 Å². The van der Waals surface area contributed by atoms with Crippen molar-refractivity contribution in [2.75, 3.05) is 0 Å². The molecule has 0 atom stereocenters. The SMILES string of the molecule is Cc1ccc(-c2nc3c(=O)n(C)c(C)cc3o2)cc1. The number of benzene rings is 1. The normalized spacial score (nSPS) is 11.1. The zero-order valence-electron chi connectivity index (χ0n) is 11.1. The summed E-state index contributed by atoms with van der Waals surface area (Å²) in [6, 6.07) is 9.71. The first-order chi connectivity index (χ1) is 9.06. The molecular formula is C15H14N2O2. The van der Waals surface area contributed by atoms with E-state index in [9.17, 15) is 4.79 Å². The van der Waals surface area contributed by atoms with E-state index in [1.54, 1.807) is 11.6 Å². The van der Waals surface area contributed by atoms with Crippen molar-refractivity contribution in [3.63, 3.8) is 0 Å². The van der Waals surface area contributed by atoms with Crippen LogP contribution in [0.15, 0.2) is 39.5 Å². The molecule has 4 nitrogen and oxygen atoms in total. The lowest BCUT2D eigenvalue weighted by atomic mass is 10.1. The molecule has 0 saturated carbocycles. The number of fused-ring (bicyclic) bond motifs is 1. The summed E-state index contributed by atoms with van der Waals surface area (Å²) in [6.45, 7) is 3.89. The average molecular weight is 254 g/mol. The summed E-state index contributed by atoms with van der Waals surface area (Å²) in [5, 5.41) is 0. The highest BCUT2D eigenvalue weighted by Gasteiger charge is 2.13. The highest BCUT2D eigenvalue weighted by atomic mass is 16.3. The Morgan fingerprint density at radius 2 is 1.84 bits per heavy atom. The lowest BCUT2D eigenvalue weighted by molar-refractivity contribution is 0.618. The maximum absolute atomic E-state index is 12.1. The highest BCUT2D eigenvalue weighted by Crippen LogP contribution is 2.23. The third-order valence-corrected chi connectivity index (χ3v) is 3.33. The van der Waals surface area contributed by atoms with Gasteiger partial charge in [0.1, 0.15) is 0 Å². The van der Waals surface area contributed by atoms with Gasteiger partial charge in [0.15, 0.2) is 11.1 Å². The first kappa shape index (κ1) is 11.7. The van der Waals surface area contributed by atoms with Crippen LogP contribution in [0.2, 0.25) is 0 Å². The van der Waals surface area contributed by atoms with Crippen molar-refractivity contribution in [1.29, 1.82) is 0 Å². The summed E-state index contributed by atoms with van der Waals surface area (Å²) in [4.78, 5) is 16.4. The number of aryl methyl sites for hydroxylation is 2. The van der Waals surface area contributed by atoms with Crippen molar-refractivity contribution < 1.29 is 4.42 Å². The van der Waals surface area contributed by atoms with E-state index >= 15 is 0 Å². The molecule has 0 fully saturated rings. The van der Waals surface area contributed by atoms with Gasteiger partial charge in [-0.1, -0.05) is 17.7 Å². The van der Waals surface area contributed by atoms with E-state index in [1.165, 1.54) is 5.56 Å². The van der Waals surface area contributed by atoms with Gasteiger partial charge in [-0.15, -0.1) is 0 Å². The van der Waals surface area contributed by atoms with E-state index < -0.39 is 0 Å². The Morgan fingerprint density at radius 3 is 2.53 bits per heavy atom. The number of rotatable bonds is 1. The first-order valence-corrected chi connectivity index (χ1v) is 6.10. The van der Waals surface area contributed by atoms with E-state index in [0.29, 0.717) is 17.0 Å². The van der Waals surface area contributed by atoms with Gasteiger partial charge < -0.3 is 8.98 Å². The van der Waals surface area contributed by atoms with Crippen LogP contribution in [0, 0.1) is 13.8 Å². The van der Waals surface area contributed by atoms with Gasteiger partial charge in [0.25, 0.3) is 5.56 Å². The number of pyridine rings is 1. The van der Waals surface area contributed by atoms with E-state index in [2.05, 4.69) is 4.98 Å². The molecule has 3 rings (SSSR count). The zero-order valence-corrected chi connectivity index (χ0v) is 11.1. The second-order valence-corrected chi connectivity index (χ2v) is 4.75. The molecule has 1 aromatic carbocycles. The van der Waals surface area contributed by atoms with E-state index in [4.69, 9.17) is 4.42 Å². The molecule has 3 aromatic rings. The second-order valence-electron chi connectivity index (χ2n) is 4.75. The Kier molecular flexibility index (Phi) is 2.52. The lowest BCUT2D eigenvalue weighted by Gasteiger charge is -2.00. The predicted octanol–water partition coefficient (Wildman–Crippen LogP) is 2.81. The molecule has 0 aliphatic carbocycles. The fraction of sp³-hybridized carbons (Fsp3) is 0.200. The number of oxazole rings is 1. The molecule has 0 aliphatic heterocycles. The van der Waals surface area contributed by atoms with Crippen molar-refractivity contribution in [2.24, 2.45) is 7.05 Å². The van der Waals surface area contributed by atoms with Gasteiger partial charge >= 0.3 is 0 Å². The minimum atomic E-state index is -0.128. The lowest BCUT2D eigenvalue weighted by Crippen LogP contribution is -2.18. The second kappa shape index (κ2) is 4.09. The third kappa shape index (κ3) is 1.85. The van der Waals surface area contributed by atoms with Crippen LogP contribution >= 0.6 is 0 Å². The summed E-state index contributed by atoms with van der Waals surface area (Å²) in [7, 11) is 1.73. The molecule has 0 unspecified atom stereocenters. The van der Waals surface area contributed by atoms with Crippen LogP contribution in [0.3, 0.4) is 0 Å². The monoisotopic (exact) mass is 254 g/mol.